The molecule has 12 nitrogen and oxygen atoms in total. The van der Waals surface area contributed by atoms with E-state index < -0.39 is 18.3 Å². The third kappa shape index (κ3) is 12.9. The zero-order valence-corrected chi connectivity index (χ0v) is 16.6. The molecule has 0 aliphatic carbocycles. The highest BCUT2D eigenvalue weighted by Gasteiger charge is 2.20. The molecule has 0 saturated heterocycles. The molecule has 0 heterocycles. The SMILES string of the molecule is CC(=O)CN(CCCC(=O)CN(CCN)C(=O)CCN=C(N)N)C(=O)CC(=O)O. The lowest BCUT2D eigenvalue weighted by atomic mass is 10.2. The van der Waals surface area contributed by atoms with Gasteiger partial charge in [0, 0.05) is 32.5 Å². The number of Topliss-reactive ketones (excluding diaryl/α,β-unsaturated/α-hetero) is 2. The minimum atomic E-state index is -1.30. The van der Waals surface area contributed by atoms with Crippen molar-refractivity contribution in [3.05, 3.63) is 0 Å². The van der Waals surface area contributed by atoms with Crippen LogP contribution in [-0.2, 0) is 24.0 Å². The van der Waals surface area contributed by atoms with Gasteiger partial charge in [-0.15, -0.1) is 0 Å². The highest BCUT2D eigenvalue weighted by Crippen LogP contribution is 2.03. The van der Waals surface area contributed by atoms with Crippen LogP contribution in [0.25, 0.3) is 0 Å². The van der Waals surface area contributed by atoms with Crippen molar-refractivity contribution >= 4 is 35.3 Å². The van der Waals surface area contributed by atoms with Crippen molar-refractivity contribution in [1.29, 1.82) is 0 Å². The van der Waals surface area contributed by atoms with E-state index >= 15 is 0 Å². The van der Waals surface area contributed by atoms with Gasteiger partial charge in [0.2, 0.25) is 11.8 Å². The molecule has 29 heavy (non-hydrogen) atoms. The Balaban J connectivity index is 4.63. The fraction of sp³-hybridized carbons (Fsp3) is 0.647. The number of carboxylic acids is 1. The van der Waals surface area contributed by atoms with Crippen LogP contribution in [0.15, 0.2) is 4.99 Å². The minimum absolute atomic E-state index is 0.0290. The van der Waals surface area contributed by atoms with E-state index in [0.29, 0.717) is 0 Å². The van der Waals surface area contributed by atoms with Gasteiger partial charge in [-0.3, -0.25) is 29.0 Å². The molecule has 0 saturated carbocycles. The first kappa shape index (κ1) is 26.0. The van der Waals surface area contributed by atoms with E-state index in [0.717, 1.165) is 4.90 Å². The summed E-state index contributed by atoms with van der Waals surface area (Å²) in [7, 11) is 0. The van der Waals surface area contributed by atoms with Gasteiger partial charge < -0.3 is 32.1 Å². The van der Waals surface area contributed by atoms with E-state index in [-0.39, 0.29) is 82.0 Å². The van der Waals surface area contributed by atoms with Gasteiger partial charge in [-0.05, 0) is 13.3 Å². The average molecular weight is 414 g/mol. The molecule has 0 aromatic rings. The van der Waals surface area contributed by atoms with Crippen molar-refractivity contribution in [2.24, 2.45) is 22.2 Å². The number of aliphatic carboxylic acids is 1. The number of guanidine groups is 1. The van der Waals surface area contributed by atoms with Crippen molar-refractivity contribution in [1.82, 2.24) is 9.80 Å². The van der Waals surface area contributed by atoms with Gasteiger partial charge in [0.1, 0.15) is 12.2 Å². The largest absolute Gasteiger partial charge is 0.481 e. The van der Waals surface area contributed by atoms with Crippen molar-refractivity contribution in [2.45, 2.75) is 32.6 Å². The monoisotopic (exact) mass is 414 g/mol. The second kappa shape index (κ2) is 14.0. The lowest BCUT2D eigenvalue weighted by Gasteiger charge is -2.22. The molecular weight excluding hydrogens is 384 g/mol. The third-order valence-electron chi connectivity index (χ3n) is 3.69. The normalized spacial score (nSPS) is 10.1. The maximum Gasteiger partial charge on any atom is 0.312 e. The Bertz CT molecular complexity index is 632. The lowest BCUT2D eigenvalue weighted by Crippen LogP contribution is -2.40. The first-order valence-corrected chi connectivity index (χ1v) is 9.10. The van der Waals surface area contributed by atoms with Crippen LogP contribution in [0.1, 0.15) is 32.6 Å². The average Bonchev–Trinajstić information content (AvgIpc) is 2.59. The zero-order chi connectivity index (χ0) is 22.4. The second-order valence-corrected chi connectivity index (χ2v) is 6.39. The summed E-state index contributed by atoms with van der Waals surface area (Å²) in [6, 6.07) is 0. The van der Waals surface area contributed by atoms with Crippen LogP contribution in [-0.4, -0.2) is 89.5 Å². The molecular formula is C17H30N6O6. The molecule has 0 radical (unpaired) electrons. The Kier molecular flexibility index (Phi) is 12.6. The highest BCUT2D eigenvalue weighted by molar-refractivity contribution is 5.95. The topological polar surface area (TPSA) is 202 Å². The van der Waals surface area contributed by atoms with Crippen molar-refractivity contribution in [3.63, 3.8) is 0 Å². The maximum atomic E-state index is 12.2. The third-order valence-corrected chi connectivity index (χ3v) is 3.69. The number of ketones is 2. The van der Waals surface area contributed by atoms with Crippen molar-refractivity contribution in [2.75, 3.05) is 39.3 Å². The van der Waals surface area contributed by atoms with Gasteiger partial charge in [-0.25, -0.2) is 0 Å². The number of aliphatic imine (C=N–C) groups is 1. The van der Waals surface area contributed by atoms with E-state index in [9.17, 15) is 24.0 Å². The molecule has 2 amide bonds. The molecule has 0 fully saturated rings. The van der Waals surface area contributed by atoms with Crippen LogP contribution in [0.2, 0.25) is 0 Å². The van der Waals surface area contributed by atoms with Gasteiger partial charge in [-0.2, -0.15) is 0 Å². The highest BCUT2D eigenvalue weighted by atomic mass is 16.4. The summed E-state index contributed by atoms with van der Waals surface area (Å²) in [5.74, 6) is -2.98. The smallest absolute Gasteiger partial charge is 0.312 e. The number of hydrogen-bond donors (Lipinski definition) is 4. The first-order chi connectivity index (χ1) is 13.6. The van der Waals surface area contributed by atoms with Crippen molar-refractivity contribution in [3.8, 4) is 0 Å². The van der Waals surface area contributed by atoms with E-state index in [1.807, 2.05) is 0 Å². The summed E-state index contributed by atoms with van der Waals surface area (Å²) in [6.07, 6.45) is -0.413. The van der Waals surface area contributed by atoms with E-state index in [1.54, 1.807) is 0 Å². The summed E-state index contributed by atoms with van der Waals surface area (Å²) < 4.78 is 0. The summed E-state index contributed by atoms with van der Waals surface area (Å²) in [5, 5.41) is 8.72. The summed E-state index contributed by atoms with van der Waals surface area (Å²) in [5.41, 5.74) is 15.9. The zero-order valence-electron chi connectivity index (χ0n) is 16.6. The maximum absolute atomic E-state index is 12.2. The Morgan fingerprint density at radius 1 is 0.931 bits per heavy atom. The van der Waals surface area contributed by atoms with Gasteiger partial charge in [-0.1, -0.05) is 0 Å². The predicted octanol–water partition coefficient (Wildman–Crippen LogP) is -2.32. The van der Waals surface area contributed by atoms with Gasteiger partial charge in [0.05, 0.1) is 19.6 Å². The van der Waals surface area contributed by atoms with Crippen LogP contribution in [0.4, 0.5) is 0 Å². The number of rotatable bonds is 15. The standard InChI is InChI=1S/C17H30N6O6/c1-12(24)10-22(15(27)9-16(28)29)7-2-3-13(25)11-23(8-5-18)14(26)4-6-21-17(19)20/h2-11,18H2,1H3,(H,28,29)(H4,19,20,21). The fourth-order valence-corrected chi connectivity index (χ4v) is 2.45. The Morgan fingerprint density at radius 3 is 2.07 bits per heavy atom. The number of carboxylic acid groups (broad SMARTS) is 1. The Morgan fingerprint density at radius 2 is 1.55 bits per heavy atom. The summed E-state index contributed by atoms with van der Waals surface area (Å²) >= 11 is 0. The van der Waals surface area contributed by atoms with Gasteiger partial charge >= 0.3 is 5.97 Å². The lowest BCUT2D eigenvalue weighted by molar-refractivity contribution is -0.145. The predicted molar refractivity (Wildman–Crippen MR) is 105 cm³/mol. The van der Waals surface area contributed by atoms with Crippen LogP contribution in [0.5, 0.6) is 0 Å². The van der Waals surface area contributed by atoms with Crippen LogP contribution in [0, 0.1) is 0 Å². The van der Waals surface area contributed by atoms with Gasteiger partial charge in [0.15, 0.2) is 11.7 Å². The number of nitrogens with two attached hydrogens (primary N) is 3. The second-order valence-electron chi connectivity index (χ2n) is 6.39. The molecule has 12 heteroatoms. The van der Waals surface area contributed by atoms with Gasteiger partial charge in [0.25, 0.3) is 0 Å². The van der Waals surface area contributed by atoms with Crippen LogP contribution >= 0.6 is 0 Å². The van der Waals surface area contributed by atoms with Crippen LogP contribution in [0.3, 0.4) is 0 Å². The minimum Gasteiger partial charge on any atom is -0.481 e. The van der Waals surface area contributed by atoms with E-state index in [2.05, 4.69) is 4.99 Å². The molecule has 0 atom stereocenters. The molecule has 164 valence electrons. The first-order valence-electron chi connectivity index (χ1n) is 9.10. The quantitative estimate of drug-likeness (QED) is 0.129. The molecule has 0 bridgehead atoms. The number of carbonyl (C=O) groups excluding carboxylic acids is 4. The van der Waals surface area contributed by atoms with E-state index in [4.69, 9.17) is 22.3 Å². The number of nitrogens with zero attached hydrogens (tertiary/aromatic N) is 3. The van der Waals surface area contributed by atoms with E-state index in [1.165, 1.54) is 11.8 Å². The summed E-state index contributed by atoms with van der Waals surface area (Å²) in [4.78, 5) is 64.3. The molecule has 0 aromatic carbocycles. The van der Waals surface area contributed by atoms with Crippen molar-refractivity contribution < 1.29 is 29.1 Å². The molecule has 0 aliphatic heterocycles. The molecule has 0 aromatic heterocycles. The molecule has 0 unspecified atom stereocenters. The summed E-state index contributed by atoms with van der Waals surface area (Å²) in [6.45, 7) is 1.45. The Labute approximate surface area is 169 Å². The number of hydrogen-bond acceptors (Lipinski definition) is 7. The Hall–Kier alpha value is -3.02. The molecule has 7 N–H and O–H groups in total. The fourth-order valence-electron chi connectivity index (χ4n) is 2.45. The molecule has 0 spiro atoms. The number of amides is 2. The molecule has 0 aliphatic rings. The number of carbonyl (C=O) groups is 5. The molecule has 0 rings (SSSR count). The van der Waals surface area contributed by atoms with Crippen LogP contribution < -0.4 is 17.2 Å².